The zero-order valence-electron chi connectivity index (χ0n) is 11.9. The van der Waals surface area contributed by atoms with Crippen LogP contribution < -0.4 is 5.32 Å². The van der Waals surface area contributed by atoms with Crippen molar-refractivity contribution in [2.45, 2.75) is 38.8 Å². The first-order valence-electron chi connectivity index (χ1n) is 6.15. The van der Waals surface area contributed by atoms with Gasteiger partial charge in [0.05, 0.1) is 17.7 Å². The van der Waals surface area contributed by atoms with E-state index >= 15 is 0 Å². The van der Waals surface area contributed by atoms with Gasteiger partial charge in [-0.15, -0.1) is 11.3 Å². The van der Waals surface area contributed by atoms with Crippen molar-refractivity contribution in [3.05, 3.63) is 16.1 Å². The summed E-state index contributed by atoms with van der Waals surface area (Å²) in [6.45, 7) is 8.78. The second-order valence-corrected chi connectivity index (χ2v) is 6.44. The molecular weight excluding hydrogens is 248 g/mol. The van der Waals surface area contributed by atoms with Crippen molar-refractivity contribution >= 4 is 11.3 Å². The molecular formula is C13H24N2O2S. The molecule has 1 N–H and O–H groups in total. The first-order chi connectivity index (χ1) is 8.47. The summed E-state index contributed by atoms with van der Waals surface area (Å²) in [5.74, 6) is 0. The van der Waals surface area contributed by atoms with Gasteiger partial charge < -0.3 is 14.8 Å². The van der Waals surface area contributed by atoms with Gasteiger partial charge in [-0.25, -0.2) is 4.98 Å². The second-order valence-electron chi connectivity index (χ2n) is 5.33. The summed E-state index contributed by atoms with van der Waals surface area (Å²) in [6.07, 6.45) is 2.06. The number of nitrogens with one attached hydrogen (secondary N) is 1. The maximum absolute atomic E-state index is 5.29. The van der Waals surface area contributed by atoms with E-state index in [1.54, 1.807) is 25.6 Å². The minimum absolute atomic E-state index is 0.102. The molecule has 1 atom stereocenters. The van der Waals surface area contributed by atoms with Crippen LogP contribution in [0.25, 0.3) is 0 Å². The molecule has 0 amide bonds. The molecule has 0 aliphatic heterocycles. The molecule has 0 bridgehead atoms. The zero-order valence-corrected chi connectivity index (χ0v) is 12.8. The van der Waals surface area contributed by atoms with Crippen LogP contribution in [0.5, 0.6) is 0 Å². The summed E-state index contributed by atoms with van der Waals surface area (Å²) >= 11 is 1.77. The Morgan fingerprint density at radius 1 is 1.39 bits per heavy atom. The minimum atomic E-state index is 0.102. The van der Waals surface area contributed by atoms with Crippen molar-refractivity contribution in [2.75, 3.05) is 27.4 Å². The Kier molecular flexibility index (Phi) is 6.21. The van der Waals surface area contributed by atoms with E-state index in [-0.39, 0.29) is 11.5 Å². The molecule has 1 heterocycles. The maximum Gasteiger partial charge on any atom is 0.0981 e. The van der Waals surface area contributed by atoms with Crippen molar-refractivity contribution in [3.63, 3.8) is 0 Å². The molecule has 4 nitrogen and oxygen atoms in total. The third kappa shape index (κ3) is 5.02. The van der Waals surface area contributed by atoms with Gasteiger partial charge in [0.15, 0.2) is 0 Å². The van der Waals surface area contributed by atoms with Crippen LogP contribution in [0.4, 0.5) is 0 Å². The number of aromatic nitrogens is 1. The molecule has 104 valence electrons. The van der Waals surface area contributed by atoms with E-state index in [1.165, 1.54) is 9.88 Å². The lowest BCUT2D eigenvalue weighted by Gasteiger charge is -2.15. The summed E-state index contributed by atoms with van der Waals surface area (Å²) in [7, 11) is 3.39. The van der Waals surface area contributed by atoms with Gasteiger partial charge in [-0.2, -0.15) is 0 Å². The summed E-state index contributed by atoms with van der Waals surface area (Å²) in [5, 5.41) is 4.55. The highest BCUT2D eigenvalue weighted by atomic mass is 32.1. The van der Waals surface area contributed by atoms with Crippen molar-refractivity contribution < 1.29 is 9.47 Å². The van der Waals surface area contributed by atoms with Gasteiger partial charge in [-0.1, -0.05) is 20.8 Å². The van der Waals surface area contributed by atoms with Crippen molar-refractivity contribution in [1.82, 2.24) is 10.3 Å². The standard InChI is InChI=1S/C13H24N2O2S/c1-13(2,3)12-15-8-11(18-12)7-14-6-10(17-5)9-16-4/h8,10,14H,6-7,9H2,1-5H3. The molecule has 1 aromatic rings. The number of methoxy groups -OCH3 is 2. The molecule has 5 heteroatoms. The smallest absolute Gasteiger partial charge is 0.0981 e. The molecule has 0 aliphatic rings. The Hall–Kier alpha value is -0.490. The van der Waals surface area contributed by atoms with E-state index in [9.17, 15) is 0 Å². The molecule has 1 unspecified atom stereocenters. The number of rotatable bonds is 7. The lowest BCUT2D eigenvalue weighted by Crippen LogP contribution is -2.31. The summed E-state index contributed by atoms with van der Waals surface area (Å²) in [6, 6.07) is 0. The molecule has 0 aromatic carbocycles. The SMILES string of the molecule is COCC(CNCc1cnc(C(C)(C)C)s1)OC. The third-order valence-electron chi connectivity index (χ3n) is 2.55. The highest BCUT2D eigenvalue weighted by Gasteiger charge is 2.17. The molecule has 0 saturated heterocycles. The summed E-state index contributed by atoms with van der Waals surface area (Å²) in [4.78, 5) is 5.72. The third-order valence-corrected chi connectivity index (χ3v) is 3.98. The Labute approximate surface area is 114 Å². The highest BCUT2D eigenvalue weighted by Crippen LogP contribution is 2.26. The van der Waals surface area contributed by atoms with Gasteiger partial charge in [0.2, 0.25) is 0 Å². The Morgan fingerprint density at radius 3 is 2.61 bits per heavy atom. The number of hydrogen-bond acceptors (Lipinski definition) is 5. The monoisotopic (exact) mass is 272 g/mol. The van der Waals surface area contributed by atoms with Crippen molar-refractivity contribution in [3.8, 4) is 0 Å². The van der Waals surface area contributed by atoms with Crippen LogP contribution in [-0.4, -0.2) is 38.5 Å². The van der Waals surface area contributed by atoms with E-state index < -0.39 is 0 Å². The van der Waals surface area contributed by atoms with Gasteiger partial charge in [0.1, 0.15) is 0 Å². The van der Waals surface area contributed by atoms with Crippen LogP contribution in [-0.2, 0) is 21.4 Å². The van der Waals surface area contributed by atoms with E-state index in [1.807, 2.05) is 6.20 Å². The Balaban J connectivity index is 2.37. The minimum Gasteiger partial charge on any atom is -0.382 e. The predicted molar refractivity (Wildman–Crippen MR) is 75.2 cm³/mol. The molecule has 0 aliphatic carbocycles. The zero-order chi connectivity index (χ0) is 13.6. The topological polar surface area (TPSA) is 43.4 Å². The lowest BCUT2D eigenvalue weighted by atomic mass is 9.98. The van der Waals surface area contributed by atoms with Gasteiger partial charge >= 0.3 is 0 Å². The quantitative estimate of drug-likeness (QED) is 0.826. The van der Waals surface area contributed by atoms with E-state index in [2.05, 4.69) is 31.1 Å². The number of ether oxygens (including phenoxy) is 2. The fraction of sp³-hybridized carbons (Fsp3) is 0.769. The fourth-order valence-electron chi connectivity index (χ4n) is 1.49. The van der Waals surface area contributed by atoms with E-state index in [4.69, 9.17) is 9.47 Å². The number of nitrogens with zero attached hydrogens (tertiary/aromatic N) is 1. The first-order valence-corrected chi connectivity index (χ1v) is 6.96. The number of thiazole rings is 1. The maximum atomic E-state index is 5.29. The fourth-order valence-corrected chi connectivity index (χ4v) is 2.43. The second kappa shape index (κ2) is 7.19. The Bertz CT molecular complexity index is 347. The van der Waals surface area contributed by atoms with E-state index in [0.717, 1.165) is 13.1 Å². The average Bonchev–Trinajstić information content (AvgIpc) is 2.76. The van der Waals surface area contributed by atoms with Crippen molar-refractivity contribution in [2.24, 2.45) is 0 Å². The molecule has 0 radical (unpaired) electrons. The summed E-state index contributed by atoms with van der Waals surface area (Å²) < 4.78 is 10.4. The first kappa shape index (κ1) is 15.6. The normalized spacial score (nSPS) is 13.8. The number of hydrogen-bond donors (Lipinski definition) is 1. The lowest BCUT2D eigenvalue weighted by molar-refractivity contribution is 0.0288. The summed E-state index contributed by atoms with van der Waals surface area (Å²) in [5.41, 5.74) is 0.133. The van der Waals surface area contributed by atoms with Crippen LogP contribution in [0.2, 0.25) is 0 Å². The van der Waals surface area contributed by atoms with Crippen LogP contribution >= 0.6 is 11.3 Å². The van der Waals surface area contributed by atoms with Crippen molar-refractivity contribution in [1.29, 1.82) is 0 Å². The van der Waals surface area contributed by atoms with Gasteiger partial charge in [-0.3, -0.25) is 0 Å². The predicted octanol–water partition coefficient (Wildman–Crippen LogP) is 2.19. The van der Waals surface area contributed by atoms with Gasteiger partial charge in [0.25, 0.3) is 0 Å². The van der Waals surface area contributed by atoms with Crippen LogP contribution in [0.15, 0.2) is 6.20 Å². The molecule has 1 aromatic heterocycles. The van der Waals surface area contributed by atoms with Gasteiger partial charge in [0, 0.05) is 43.8 Å². The Morgan fingerprint density at radius 2 is 2.11 bits per heavy atom. The molecule has 18 heavy (non-hydrogen) atoms. The average molecular weight is 272 g/mol. The molecule has 0 saturated carbocycles. The highest BCUT2D eigenvalue weighted by molar-refractivity contribution is 7.11. The molecule has 0 fully saturated rings. The van der Waals surface area contributed by atoms with Crippen LogP contribution in [0.3, 0.4) is 0 Å². The van der Waals surface area contributed by atoms with Gasteiger partial charge in [-0.05, 0) is 0 Å². The van der Waals surface area contributed by atoms with E-state index in [0.29, 0.717) is 6.61 Å². The van der Waals surface area contributed by atoms with Crippen LogP contribution in [0, 0.1) is 0 Å². The molecule has 1 rings (SSSR count). The largest absolute Gasteiger partial charge is 0.382 e. The van der Waals surface area contributed by atoms with Crippen LogP contribution in [0.1, 0.15) is 30.7 Å². The molecule has 0 spiro atoms.